The average Bonchev–Trinajstić information content (AvgIpc) is 2.74. The van der Waals surface area contributed by atoms with Crippen molar-refractivity contribution >= 4 is 5.97 Å². The Bertz CT molecular complexity index is 285. The van der Waals surface area contributed by atoms with Crippen LogP contribution in [0.4, 0.5) is 0 Å². The lowest BCUT2D eigenvalue weighted by atomic mass is 9.79. The summed E-state index contributed by atoms with van der Waals surface area (Å²) in [6.45, 7) is 5.77. The van der Waals surface area contributed by atoms with Gasteiger partial charge < -0.3 is 10.5 Å². The molecule has 2 rings (SSSR count). The van der Waals surface area contributed by atoms with E-state index in [1.165, 1.54) is 0 Å². The van der Waals surface area contributed by atoms with E-state index in [9.17, 15) is 4.79 Å². The molecule has 1 atom stereocenters. The molecule has 0 radical (unpaired) electrons. The van der Waals surface area contributed by atoms with Crippen LogP contribution in [0, 0.1) is 11.3 Å². The zero-order valence-corrected chi connectivity index (χ0v) is 10.6. The van der Waals surface area contributed by atoms with Crippen LogP contribution in [-0.2, 0) is 9.53 Å². The van der Waals surface area contributed by atoms with Crippen molar-refractivity contribution in [2.24, 2.45) is 17.1 Å². The molecule has 1 unspecified atom stereocenters. The Labute approximate surface area is 97.7 Å². The van der Waals surface area contributed by atoms with E-state index in [1.807, 2.05) is 20.8 Å². The number of ether oxygens (including phenoxy) is 1. The van der Waals surface area contributed by atoms with Gasteiger partial charge in [-0.3, -0.25) is 4.79 Å². The minimum atomic E-state index is -0.359. The predicted molar refractivity (Wildman–Crippen MR) is 62.8 cm³/mol. The fraction of sp³-hybridized carbons (Fsp3) is 0.923. The molecule has 0 aromatic rings. The number of esters is 1. The second-order valence-electron chi connectivity index (χ2n) is 6.48. The van der Waals surface area contributed by atoms with Gasteiger partial charge in [0.25, 0.3) is 0 Å². The van der Waals surface area contributed by atoms with E-state index in [1.54, 1.807) is 0 Å². The predicted octanol–water partition coefficient (Wildman–Crippen LogP) is 2.24. The van der Waals surface area contributed by atoms with Gasteiger partial charge in [0.2, 0.25) is 0 Å². The van der Waals surface area contributed by atoms with Crippen molar-refractivity contribution in [2.75, 3.05) is 0 Å². The van der Waals surface area contributed by atoms with Crippen LogP contribution >= 0.6 is 0 Å². The molecule has 1 spiro atoms. The van der Waals surface area contributed by atoms with Crippen molar-refractivity contribution in [3.8, 4) is 0 Å². The van der Waals surface area contributed by atoms with Gasteiger partial charge in [-0.1, -0.05) is 0 Å². The molecule has 2 aliphatic carbocycles. The average molecular weight is 225 g/mol. The molecule has 0 aromatic carbocycles. The first-order chi connectivity index (χ1) is 7.32. The van der Waals surface area contributed by atoms with E-state index in [4.69, 9.17) is 10.5 Å². The summed E-state index contributed by atoms with van der Waals surface area (Å²) in [6.07, 6.45) is 5.30. The summed E-state index contributed by atoms with van der Waals surface area (Å²) in [5.74, 6) is 0.0919. The molecule has 2 aliphatic rings. The Morgan fingerprint density at radius 2 is 1.81 bits per heavy atom. The molecular weight excluding hydrogens is 202 g/mol. The van der Waals surface area contributed by atoms with Gasteiger partial charge in [0, 0.05) is 6.04 Å². The number of hydrogen-bond acceptors (Lipinski definition) is 3. The molecule has 3 heteroatoms. The molecular formula is C13H23NO2. The molecule has 0 aliphatic heterocycles. The molecule has 92 valence electrons. The second kappa shape index (κ2) is 3.73. The Morgan fingerprint density at radius 3 is 2.19 bits per heavy atom. The second-order valence-corrected chi connectivity index (χ2v) is 6.48. The number of nitrogens with two attached hydrogens (primary N) is 1. The van der Waals surface area contributed by atoms with Crippen LogP contribution in [0.1, 0.15) is 52.9 Å². The summed E-state index contributed by atoms with van der Waals surface area (Å²) in [7, 11) is 0. The highest BCUT2D eigenvalue weighted by Gasteiger charge is 2.53. The third-order valence-electron chi connectivity index (χ3n) is 3.97. The molecule has 0 heterocycles. The van der Waals surface area contributed by atoms with Crippen LogP contribution in [0.15, 0.2) is 0 Å². The Morgan fingerprint density at radius 1 is 1.31 bits per heavy atom. The van der Waals surface area contributed by atoms with Gasteiger partial charge in [0.05, 0.1) is 5.92 Å². The van der Waals surface area contributed by atoms with Crippen molar-refractivity contribution in [1.29, 1.82) is 0 Å². The van der Waals surface area contributed by atoms with Gasteiger partial charge in [-0.05, 0) is 58.3 Å². The summed E-state index contributed by atoms with van der Waals surface area (Å²) in [4.78, 5) is 11.9. The molecule has 2 saturated carbocycles. The van der Waals surface area contributed by atoms with Crippen molar-refractivity contribution in [3.05, 3.63) is 0 Å². The third kappa shape index (κ3) is 2.40. The number of rotatable bonds is 1. The molecule has 16 heavy (non-hydrogen) atoms. The first-order valence-electron chi connectivity index (χ1n) is 6.31. The van der Waals surface area contributed by atoms with E-state index < -0.39 is 0 Å². The molecule has 0 amide bonds. The summed E-state index contributed by atoms with van der Waals surface area (Å²) >= 11 is 0. The van der Waals surface area contributed by atoms with E-state index in [0.29, 0.717) is 11.5 Å². The lowest BCUT2D eigenvalue weighted by Gasteiger charge is -2.30. The first kappa shape index (κ1) is 11.9. The van der Waals surface area contributed by atoms with Crippen molar-refractivity contribution < 1.29 is 9.53 Å². The Kier molecular flexibility index (Phi) is 2.77. The van der Waals surface area contributed by atoms with Crippen molar-refractivity contribution in [3.63, 3.8) is 0 Å². The minimum absolute atomic E-state index is 0.0171. The van der Waals surface area contributed by atoms with E-state index in [-0.39, 0.29) is 17.5 Å². The van der Waals surface area contributed by atoms with Crippen LogP contribution in [0.5, 0.6) is 0 Å². The minimum Gasteiger partial charge on any atom is -0.460 e. The molecule has 0 aromatic heterocycles. The van der Waals surface area contributed by atoms with Crippen molar-refractivity contribution in [1.82, 2.24) is 0 Å². The van der Waals surface area contributed by atoms with Crippen LogP contribution in [0.25, 0.3) is 0 Å². The van der Waals surface area contributed by atoms with Gasteiger partial charge in [-0.2, -0.15) is 0 Å². The maximum absolute atomic E-state index is 11.9. The number of carbonyl (C=O) groups is 1. The standard InChI is InChI=1S/C13H23NO2/c1-12(2,3)16-11(15)9-4-6-13(7-5-9)8-10(13)14/h9-10H,4-8,14H2,1-3H3. The lowest BCUT2D eigenvalue weighted by molar-refractivity contribution is -0.161. The van der Waals surface area contributed by atoms with Crippen LogP contribution in [0.2, 0.25) is 0 Å². The molecule has 0 saturated heterocycles. The zero-order valence-electron chi connectivity index (χ0n) is 10.6. The fourth-order valence-corrected chi connectivity index (χ4v) is 2.77. The Balaban J connectivity index is 1.83. The van der Waals surface area contributed by atoms with Crippen LogP contribution in [0.3, 0.4) is 0 Å². The first-order valence-corrected chi connectivity index (χ1v) is 6.31. The zero-order chi connectivity index (χ0) is 12.0. The summed E-state index contributed by atoms with van der Waals surface area (Å²) < 4.78 is 5.42. The maximum atomic E-state index is 11.9. The quantitative estimate of drug-likeness (QED) is 0.696. The third-order valence-corrected chi connectivity index (χ3v) is 3.97. The lowest BCUT2D eigenvalue weighted by Crippen LogP contribution is -2.32. The molecule has 2 N–H and O–H groups in total. The van der Waals surface area contributed by atoms with Crippen LogP contribution < -0.4 is 5.73 Å². The van der Waals surface area contributed by atoms with Gasteiger partial charge in [-0.15, -0.1) is 0 Å². The summed E-state index contributed by atoms with van der Waals surface area (Å²) in [6, 6.07) is 0.395. The number of carbonyl (C=O) groups excluding carboxylic acids is 1. The molecule has 2 fully saturated rings. The number of hydrogen-bond donors (Lipinski definition) is 1. The summed E-state index contributed by atoms with van der Waals surface area (Å²) in [5, 5.41) is 0. The van der Waals surface area contributed by atoms with E-state index in [2.05, 4.69) is 0 Å². The highest BCUT2D eigenvalue weighted by molar-refractivity contribution is 5.73. The molecule has 3 nitrogen and oxygen atoms in total. The fourth-order valence-electron chi connectivity index (χ4n) is 2.77. The highest BCUT2D eigenvalue weighted by atomic mass is 16.6. The monoisotopic (exact) mass is 225 g/mol. The normalized spacial score (nSPS) is 38.5. The van der Waals surface area contributed by atoms with Gasteiger partial charge in [0.1, 0.15) is 5.60 Å². The summed E-state index contributed by atoms with van der Waals surface area (Å²) in [5.41, 5.74) is 5.98. The maximum Gasteiger partial charge on any atom is 0.309 e. The largest absolute Gasteiger partial charge is 0.460 e. The highest BCUT2D eigenvalue weighted by Crippen LogP contribution is 2.56. The van der Waals surface area contributed by atoms with Gasteiger partial charge >= 0.3 is 5.97 Å². The van der Waals surface area contributed by atoms with Gasteiger partial charge in [0.15, 0.2) is 0 Å². The van der Waals surface area contributed by atoms with E-state index >= 15 is 0 Å². The van der Waals surface area contributed by atoms with Gasteiger partial charge in [-0.25, -0.2) is 0 Å². The van der Waals surface area contributed by atoms with Crippen molar-refractivity contribution in [2.45, 2.75) is 64.5 Å². The SMILES string of the molecule is CC(C)(C)OC(=O)C1CCC2(CC1)CC2N. The topological polar surface area (TPSA) is 52.3 Å². The Hall–Kier alpha value is -0.570. The smallest absolute Gasteiger partial charge is 0.309 e. The molecule has 0 bridgehead atoms. The van der Waals surface area contributed by atoms with E-state index in [0.717, 1.165) is 32.1 Å². The van der Waals surface area contributed by atoms with Crippen LogP contribution in [-0.4, -0.2) is 17.6 Å².